The first-order valence-electron chi connectivity index (χ1n) is 3.99. The average Bonchev–Trinajstić information content (AvgIpc) is 2.14. The third-order valence-electron chi connectivity index (χ3n) is 1.53. The summed E-state index contributed by atoms with van der Waals surface area (Å²) in [7, 11) is -1.78. The second-order valence-corrected chi connectivity index (χ2v) is 5.00. The molecule has 0 atom stereocenters. The first kappa shape index (κ1) is 11.9. The van der Waals surface area contributed by atoms with Crippen LogP contribution in [0.4, 0.5) is 0 Å². The quantitative estimate of drug-likeness (QED) is 0.707. The zero-order chi connectivity index (χ0) is 11.5. The Morgan fingerprint density at radius 1 is 1.40 bits per heavy atom. The topological polar surface area (TPSA) is 43.4 Å². The molecule has 0 saturated carbocycles. The first-order chi connectivity index (χ1) is 6.92. The van der Waals surface area contributed by atoms with Crippen LogP contribution in [0.15, 0.2) is 18.2 Å². The summed E-state index contributed by atoms with van der Waals surface area (Å²) in [6.07, 6.45) is 1.05. The van der Waals surface area contributed by atoms with Crippen molar-refractivity contribution in [3.63, 3.8) is 0 Å². The number of rotatable bonds is 1. The van der Waals surface area contributed by atoms with Gasteiger partial charge in [0.2, 0.25) is 9.84 Å². The van der Waals surface area contributed by atoms with Crippen molar-refractivity contribution in [3.8, 4) is 16.9 Å². The fourth-order valence-corrected chi connectivity index (χ4v) is 1.46. The van der Waals surface area contributed by atoms with Crippen LogP contribution in [0.1, 0.15) is 5.56 Å². The van der Waals surface area contributed by atoms with Gasteiger partial charge >= 0.3 is 0 Å². The fraction of sp³-hybridized carbons (Fsp3) is 0.200. The van der Waals surface area contributed by atoms with Crippen LogP contribution in [0, 0.1) is 11.2 Å². The number of sulfone groups is 1. The maximum Gasteiger partial charge on any atom is 0.214 e. The lowest BCUT2D eigenvalue weighted by atomic mass is 10.2. The minimum atomic E-state index is -3.29. The molecule has 0 radical (unpaired) electrons. The predicted molar refractivity (Wildman–Crippen MR) is 59.7 cm³/mol. The third kappa shape index (κ3) is 3.82. The molecule has 1 aromatic rings. The molecule has 0 fully saturated rings. The van der Waals surface area contributed by atoms with Gasteiger partial charge in [0.1, 0.15) is 5.75 Å². The van der Waals surface area contributed by atoms with Crippen molar-refractivity contribution >= 4 is 21.4 Å². The molecule has 0 saturated heterocycles. The zero-order valence-corrected chi connectivity index (χ0v) is 9.82. The molecule has 3 nitrogen and oxygen atoms in total. The van der Waals surface area contributed by atoms with Crippen LogP contribution in [0.3, 0.4) is 0 Å². The molecule has 0 aliphatic heterocycles. The lowest BCUT2D eigenvalue weighted by Gasteiger charge is -2.01. The number of methoxy groups -OCH3 is 1. The molecule has 0 amide bonds. The molecule has 0 aromatic heterocycles. The van der Waals surface area contributed by atoms with Crippen LogP contribution in [0.5, 0.6) is 5.75 Å². The molecule has 0 aliphatic rings. The van der Waals surface area contributed by atoms with E-state index in [-0.39, 0.29) is 0 Å². The molecular weight excluding hydrogens is 236 g/mol. The fourth-order valence-electron chi connectivity index (χ4n) is 0.896. The Kier molecular flexibility index (Phi) is 3.61. The molecule has 0 aliphatic carbocycles. The summed E-state index contributed by atoms with van der Waals surface area (Å²) in [5, 5.41) is 2.53. The van der Waals surface area contributed by atoms with Crippen molar-refractivity contribution < 1.29 is 13.2 Å². The summed E-state index contributed by atoms with van der Waals surface area (Å²) in [6.45, 7) is 0. The predicted octanol–water partition coefficient (Wildman–Crippen LogP) is 1.70. The van der Waals surface area contributed by atoms with Gasteiger partial charge in [0.05, 0.1) is 18.4 Å². The minimum absolute atomic E-state index is 0.401. The van der Waals surface area contributed by atoms with E-state index in [4.69, 9.17) is 16.3 Å². The summed E-state index contributed by atoms with van der Waals surface area (Å²) in [4.78, 5) is 0. The molecule has 1 aromatic carbocycles. The van der Waals surface area contributed by atoms with E-state index in [1.54, 1.807) is 18.2 Å². The maximum atomic E-state index is 10.8. The van der Waals surface area contributed by atoms with Crippen LogP contribution in [0.25, 0.3) is 0 Å². The lowest BCUT2D eigenvalue weighted by molar-refractivity contribution is 0.415. The maximum absolute atomic E-state index is 10.8. The van der Waals surface area contributed by atoms with Gasteiger partial charge in [-0.3, -0.25) is 0 Å². The molecule has 0 unspecified atom stereocenters. The van der Waals surface area contributed by atoms with Crippen LogP contribution in [-0.4, -0.2) is 21.8 Å². The van der Waals surface area contributed by atoms with Crippen molar-refractivity contribution in [2.45, 2.75) is 0 Å². The van der Waals surface area contributed by atoms with Gasteiger partial charge in [-0.2, -0.15) is 0 Å². The Hall–Kier alpha value is -1.18. The monoisotopic (exact) mass is 244 g/mol. The van der Waals surface area contributed by atoms with Crippen molar-refractivity contribution in [1.82, 2.24) is 0 Å². The van der Waals surface area contributed by atoms with Gasteiger partial charge in [0.15, 0.2) is 0 Å². The molecule has 1 rings (SSSR count). The van der Waals surface area contributed by atoms with Crippen LogP contribution >= 0.6 is 11.6 Å². The van der Waals surface area contributed by atoms with Gasteiger partial charge in [-0.25, -0.2) is 8.42 Å². The highest BCUT2D eigenvalue weighted by Crippen LogP contribution is 2.24. The number of hydrogen-bond acceptors (Lipinski definition) is 3. The van der Waals surface area contributed by atoms with E-state index < -0.39 is 9.84 Å². The Labute approximate surface area is 93.9 Å². The number of ether oxygens (including phenoxy) is 1. The van der Waals surface area contributed by atoms with Gasteiger partial charge in [-0.05, 0) is 24.1 Å². The van der Waals surface area contributed by atoms with Crippen molar-refractivity contribution in [2.75, 3.05) is 13.4 Å². The molecule has 0 spiro atoms. The number of hydrogen-bond donors (Lipinski definition) is 0. The second kappa shape index (κ2) is 4.56. The third-order valence-corrected chi connectivity index (χ3v) is 2.30. The smallest absolute Gasteiger partial charge is 0.214 e. The Morgan fingerprint density at radius 3 is 2.53 bits per heavy atom. The van der Waals surface area contributed by atoms with E-state index in [2.05, 4.69) is 11.2 Å². The van der Waals surface area contributed by atoms with Crippen molar-refractivity contribution in [1.29, 1.82) is 0 Å². The second-order valence-electron chi connectivity index (χ2n) is 2.85. The molecule has 0 bridgehead atoms. The Balaban J connectivity index is 3.08. The summed E-state index contributed by atoms with van der Waals surface area (Å²) in [6, 6.07) is 4.83. The van der Waals surface area contributed by atoms with E-state index in [1.165, 1.54) is 7.11 Å². The molecule has 0 N–H and O–H groups in total. The molecular formula is C10H9ClO3S. The molecule has 0 heterocycles. The molecule has 5 heteroatoms. The van der Waals surface area contributed by atoms with E-state index in [0.717, 1.165) is 6.26 Å². The van der Waals surface area contributed by atoms with E-state index in [0.29, 0.717) is 16.3 Å². The average molecular weight is 245 g/mol. The Morgan fingerprint density at radius 2 is 2.07 bits per heavy atom. The van der Waals surface area contributed by atoms with Gasteiger partial charge in [0, 0.05) is 10.8 Å². The minimum Gasteiger partial charge on any atom is -0.495 e. The number of benzene rings is 1. The van der Waals surface area contributed by atoms with Gasteiger partial charge < -0.3 is 4.74 Å². The first-order valence-corrected chi connectivity index (χ1v) is 6.25. The number of halogens is 1. The summed E-state index contributed by atoms with van der Waals surface area (Å²) in [5.41, 5.74) is 0.534. The van der Waals surface area contributed by atoms with Crippen LogP contribution in [0.2, 0.25) is 5.02 Å². The normalized spacial score (nSPS) is 10.3. The van der Waals surface area contributed by atoms with E-state index in [1.807, 2.05) is 0 Å². The van der Waals surface area contributed by atoms with Gasteiger partial charge in [-0.15, -0.1) is 0 Å². The molecule has 80 valence electrons. The largest absolute Gasteiger partial charge is 0.495 e. The molecule has 15 heavy (non-hydrogen) atoms. The van der Waals surface area contributed by atoms with Gasteiger partial charge in [-0.1, -0.05) is 11.6 Å². The zero-order valence-electron chi connectivity index (χ0n) is 8.24. The van der Waals surface area contributed by atoms with E-state index >= 15 is 0 Å². The lowest BCUT2D eigenvalue weighted by Crippen LogP contribution is -1.89. The SMILES string of the molecule is COc1ccc(C#CS(C)(=O)=O)cc1Cl. The van der Waals surface area contributed by atoms with Crippen LogP contribution < -0.4 is 4.74 Å². The Bertz CT molecular complexity index is 523. The summed E-state index contributed by atoms with van der Waals surface area (Å²) >= 11 is 5.84. The van der Waals surface area contributed by atoms with Gasteiger partial charge in [0.25, 0.3) is 0 Å². The standard InChI is InChI=1S/C10H9ClO3S/c1-14-10-4-3-8(7-9(10)11)5-6-15(2,12)13/h3-4,7H,1-2H3. The summed E-state index contributed by atoms with van der Waals surface area (Å²) in [5.74, 6) is 3.03. The highest BCUT2D eigenvalue weighted by Gasteiger charge is 2.00. The van der Waals surface area contributed by atoms with Crippen LogP contribution in [-0.2, 0) is 9.84 Å². The van der Waals surface area contributed by atoms with Crippen molar-refractivity contribution in [2.24, 2.45) is 0 Å². The van der Waals surface area contributed by atoms with Crippen molar-refractivity contribution in [3.05, 3.63) is 28.8 Å². The van der Waals surface area contributed by atoms with E-state index in [9.17, 15) is 8.42 Å². The highest BCUT2D eigenvalue weighted by molar-refractivity contribution is 7.95. The highest BCUT2D eigenvalue weighted by atomic mass is 35.5. The summed E-state index contributed by atoms with van der Waals surface area (Å²) < 4.78 is 26.5.